The average Bonchev–Trinajstić information content (AvgIpc) is 2.03. The van der Waals surface area contributed by atoms with E-state index in [1.54, 1.807) is 19.1 Å². The molecule has 0 unspecified atom stereocenters. The zero-order chi connectivity index (χ0) is 9.14. The van der Waals surface area contributed by atoms with Crippen LogP contribution in [0.2, 0.25) is 0 Å². The number of nitrogens with two attached hydrogens (primary N) is 1. The van der Waals surface area contributed by atoms with Gasteiger partial charge >= 0.3 is 0 Å². The van der Waals surface area contributed by atoms with Crippen molar-refractivity contribution in [2.45, 2.75) is 13.0 Å². The smallest absolute Gasteiger partial charge is 0.129 e. The van der Waals surface area contributed by atoms with Gasteiger partial charge in [0.25, 0.3) is 0 Å². The molecule has 0 saturated carbocycles. The van der Waals surface area contributed by atoms with Crippen LogP contribution in [0, 0.1) is 17.1 Å². The lowest BCUT2D eigenvalue weighted by molar-refractivity contribution is 0.593. The first-order valence-electron chi connectivity index (χ1n) is 3.60. The van der Waals surface area contributed by atoms with Gasteiger partial charge in [-0.15, -0.1) is 0 Å². The standard InChI is InChI=1S/C9H9FN2/c1-6(12)8-3-2-7(5-11)4-9(8)10/h2-4,6H,12H2,1H3/t6-/m1/s1. The zero-order valence-corrected chi connectivity index (χ0v) is 6.71. The number of halogens is 1. The quantitative estimate of drug-likeness (QED) is 0.687. The molecule has 0 aliphatic rings. The van der Waals surface area contributed by atoms with Crippen LogP contribution in [0.4, 0.5) is 4.39 Å². The molecular weight excluding hydrogens is 155 g/mol. The Hall–Kier alpha value is -1.40. The molecule has 0 saturated heterocycles. The lowest BCUT2D eigenvalue weighted by Crippen LogP contribution is -2.07. The van der Waals surface area contributed by atoms with E-state index in [1.165, 1.54) is 6.07 Å². The minimum absolute atomic E-state index is 0.317. The normalized spacial score (nSPS) is 12.2. The molecule has 0 spiro atoms. The van der Waals surface area contributed by atoms with Crippen molar-refractivity contribution < 1.29 is 4.39 Å². The van der Waals surface area contributed by atoms with E-state index in [0.717, 1.165) is 0 Å². The summed E-state index contributed by atoms with van der Waals surface area (Å²) in [7, 11) is 0. The van der Waals surface area contributed by atoms with Gasteiger partial charge in [0.15, 0.2) is 0 Å². The maximum absolute atomic E-state index is 13.1. The molecule has 0 radical (unpaired) electrons. The van der Waals surface area contributed by atoms with Crippen LogP contribution in [0.25, 0.3) is 0 Å². The third kappa shape index (κ3) is 1.60. The lowest BCUT2D eigenvalue weighted by Gasteiger charge is -2.05. The van der Waals surface area contributed by atoms with Crippen LogP contribution < -0.4 is 5.73 Å². The largest absolute Gasteiger partial charge is 0.324 e. The molecule has 2 nitrogen and oxygen atoms in total. The lowest BCUT2D eigenvalue weighted by atomic mass is 10.1. The monoisotopic (exact) mass is 164 g/mol. The van der Waals surface area contributed by atoms with Crippen molar-refractivity contribution in [2.24, 2.45) is 5.73 Å². The summed E-state index contributed by atoms with van der Waals surface area (Å²) in [5.41, 5.74) is 6.24. The number of nitriles is 1. The molecule has 1 rings (SSSR count). The highest BCUT2D eigenvalue weighted by atomic mass is 19.1. The zero-order valence-electron chi connectivity index (χ0n) is 6.71. The molecule has 3 heteroatoms. The number of hydrogen-bond donors (Lipinski definition) is 1. The van der Waals surface area contributed by atoms with Gasteiger partial charge in [-0.1, -0.05) is 6.07 Å². The van der Waals surface area contributed by atoms with Crippen molar-refractivity contribution in [1.82, 2.24) is 0 Å². The fourth-order valence-corrected chi connectivity index (χ4v) is 0.966. The van der Waals surface area contributed by atoms with Crippen LogP contribution in [0.3, 0.4) is 0 Å². The van der Waals surface area contributed by atoms with Crippen LogP contribution >= 0.6 is 0 Å². The minimum atomic E-state index is -0.413. The van der Waals surface area contributed by atoms with E-state index in [-0.39, 0.29) is 6.04 Å². The Balaban J connectivity index is 3.14. The number of nitrogens with zero attached hydrogens (tertiary/aromatic N) is 1. The Kier molecular flexibility index (Phi) is 2.41. The second-order valence-corrected chi connectivity index (χ2v) is 2.64. The summed E-state index contributed by atoms with van der Waals surface area (Å²) in [6.07, 6.45) is 0. The van der Waals surface area contributed by atoms with Gasteiger partial charge in [0, 0.05) is 11.6 Å². The molecule has 0 amide bonds. The van der Waals surface area contributed by atoms with Gasteiger partial charge in [-0.25, -0.2) is 4.39 Å². The summed E-state index contributed by atoms with van der Waals surface area (Å²) in [5, 5.41) is 8.44. The van der Waals surface area contributed by atoms with Crippen molar-refractivity contribution in [3.05, 3.63) is 35.1 Å². The third-order valence-corrected chi connectivity index (χ3v) is 1.62. The van der Waals surface area contributed by atoms with E-state index in [2.05, 4.69) is 0 Å². The first-order chi connectivity index (χ1) is 5.65. The van der Waals surface area contributed by atoms with Crippen molar-refractivity contribution in [2.75, 3.05) is 0 Å². The number of benzene rings is 1. The summed E-state index contributed by atoms with van der Waals surface area (Å²) in [5.74, 6) is -0.413. The van der Waals surface area contributed by atoms with E-state index in [4.69, 9.17) is 11.0 Å². The van der Waals surface area contributed by atoms with E-state index < -0.39 is 5.82 Å². The second-order valence-electron chi connectivity index (χ2n) is 2.64. The van der Waals surface area contributed by atoms with Crippen molar-refractivity contribution in [3.8, 4) is 6.07 Å². The molecule has 0 aliphatic heterocycles. The molecule has 0 bridgehead atoms. The fraction of sp³-hybridized carbons (Fsp3) is 0.222. The Labute approximate surface area is 70.4 Å². The van der Waals surface area contributed by atoms with Gasteiger partial charge in [0.1, 0.15) is 5.82 Å². The Morgan fingerprint density at radius 2 is 2.25 bits per heavy atom. The highest BCUT2D eigenvalue weighted by molar-refractivity contribution is 5.33. The van der Waals surface area contributed by atoms with E-state index in [0.29, 0.717) is 11.1 Å². The average molecular weight is 164 g/mol. The molecule has 1 aromatic carbocycles. The molecule has 12 heavy (non-hydrogen) atoms. The van der Waals surface area contributed by atoms with E-state index in [9.17, 15) is 4.39 Å². The summed E-state index contributed by atoms with van der Waals surface area (Å²) in [4.78, 5) is 0. The molecule has 1 aromatic rings. The van der Waals surface area contributed by atoms with Crippen molar-refractivity contribution >= 4 is 0 Å². The summed E-state index contributed by atoms with van der Waals surface area (Å²) < 4.78 is 13.1. The van der Waals surface area contributed by atoms with E-state index >= 15 is 0 Å². The maximum Gasteiger partial charge on any atom is 0.129 e. The predicted octanol–water partition coefficient (Wildman–Crippen LogP) is 1.72. The SMILES string of the molecule is C[C@@H](N)c1ccc(C#N)cc1F. The van der Waals surface area contributed by atoms with Gasteiger partial charge in [0.2, 0.25) is 0 Å². The molecule has 0 heterocycles. The highest BCUT2D eigenvalue weighted by Crippen LogP contribution is 2.15. The molecule has 0 fully saturated rings. The maximum atomic E-state index is 13.1. The van der Waals surface area contributed by atoms with Crippen LogP contribution in [0.5, 0.6) is 0 Å². The summed E-state index contributed by atoms with van der Waals surface area (Å²) in [6, 6.07) is 5.81. The number of hydrogen-bond acceptors (Lipinski definition) is 2. The molecular formula is C9H9FN2. The molecule has 2 N–H and O–H groups in total. The number of rotatable bonds is 1. The minimum Gasteiger partial charge on any atom is -0.324 e. The van der Waals surface area contributed by atoms with Gasteiger partial charge in [-0.05, 0) is 19.1 Å². The predicted molar refractivity (Wildman–Crippen MR) is 43.7 cm³/mol. The van der Waals surface area contributed by atoms with Crippen LogP contribution in [0.1, 0.15) is 24.1 Å². The summed E-state index contributed by atoms with van der Waals surface area (Å²) in [6.45, 7) is 1.70. The van der Waals surface area contributed by atoms with Gasteiger partial charge < -0.3 is 5.73 Å². The van der Waals surface area contributed by atoms with Crippen molar-refractivity contribution in [3.63, 3.8) is 0 Å². The molecule has 1 atom stereocenters. The van der Waals surface area contributed by atoms with Crippen LogP contribution in [-0.2, 0) is 0 Å². The fourth-order valence-electron chi connectivity index (χ4n) is 0.966. The Morgan fingerprint density at radius 1 is 1.58 bits per heavy atom. The highest BCUT2D eigenvalue weighted by Gasteiger charge is 2.06. The van der Waals surface area contributed by atoms with E-state index in [1.807, 2.05) is 6.07 Å². The second kappa shape index (κ2) is 3.33. The van der Waals surface area contributed by atoms with Crippen LogP contribution in [0.15, 0.2) is 18.2 Å². The molecule has 0 aromatic heterocycles. The molecule has 0 aliphatic carbocycles. The Morgan fingerprint density at radius 3 is 2.67 bits per heavy atom. The van der Waals surface area contributed by atoms with Crippen molar-refractivity contribution in [1.29, 1.82) is 5.26 Å². The van der Waals surface area contributed by atoms with Gasteiger partial charge in [-0.3, -0.25) is 0 Å². The van der Waals surface area contributed by atoms with Gasteiger partial charge in [-0.2, -0.15) is 5.26 Å². The molecule has 62 valence electrons. The third-order valence-electron chi connectivity index (χ3n) is 1.62. The first kappa shape index (κ1) is 8.69. The van der Waals surface area contributed by atoms with Gasteiger partial charge in [0.05, 0.1) is 11.6 Å². The Bertz CT molecular complexity index is 326. The first-order valence-corrected chi connectivity index (χ1v) is 3.60. The topological polar surface area (TPSA) is 49.8 Å². The summed E-state index contributed by atoms with van der Waals surface area (Å²) >= 11 is 0. The van der Waals surface area contributed by atoms with Crippen LogP contribution in [-0.4, -0.2) is 0 Å².